The van der Waals surface area contributed by atoms with Crippen LogP contribution in [0.25, 0.3) is 16.6 Å². The fraction of sp³-hybridized carbons (Fsp3) is 0. The van der Waals surface area contributed by atoms with E-state index < -0.39 is 0 Å². The van der Waals surface area contributed by atoms with Crippen LogP contribution < -0.4 is 5.56 Å². The summed E-state index contributed by atoms with van der Waals surface area (Å²) in [4.78, 5) is 15.8. The van der Waals surface area contributed by atoms with Crippen molar-refractivity contribution >= 4 is 16.6 Å². The summed E-state index contributed by atoms with van der Waals surface area (Å²) in [6.45, 7) is 0. The Kier molecular flexibility index (Phi) is 1.92. The van der Waals surface area contributed by atoms with Crippen LogP contribution in [0.1, 0.15) is 5.56 Å². The Balaban J connectivity index is 2.68. The molecule has 0 radical (unpaired) electrons. The van der Waals surface area contributed by atoms with Crippen molar-refractivity contribution in [3.8, 4) is 6.07 Å². The van der Waals surface area contributed by atoms with Gasteiger partial charge in [-0.3, -0.25) is 9.20 Å². The molecule has 80 valence electrons. The SMILES string of the molecule is N#Cc1cccn2c1nc(=O)c1ccccc12. The van der Waals surface area contributed by atoms with E-state index in [1.165, 1.54) is 0 Å². The molecule has 1 aromatic carbocycles. The first-order valence-electron chi connectivity index (χ1n) is 5.11. The van der Waals surface area contributed by atoms with Crippen molar-refractivity contribution in [1.82, 2.24) is 9.38 Å². The second kappa shape index (κ2) is 3.42. The van der Waals surface area contributed by atoms with Crippen LogP contribution in [0.4, 0.5) is 0 Å². The van der Waals surface area contributed by atoms with Gasteiger partial charge in [0.1, 0.15) is 6.07 Å². The number of nitrogens with zero attached hydrogens (tertiary/aromatic N) is 3. The zero-order valence-corrected chi connectivity index (χ0v) is 8.79. The lowest BCUT2D eigenvalue weighted by molar-refractivity contribution is 1.13. The van der Waals surface area contributed by atoms with Crippen LogP contribution in [0.15, 0.2) is 47.4 Å². The molecule has 0 N–H and O–H groups in total. The molecule has 0 amide bonds. The van der Waals surface area contributed by atoms with Gasteiger partial charge in [0, 0.05) is 6.20 Å². The van der Waals surface area contributed by atoms with Crippen molar-refractivity contribution in [1.29, 1.82) is 5.26 Å². The normalized spacial score (nSPS) is 10.5. The summed E-state index contributed by atoms with van der Waals surface area (Å²) in [6, 6.07) is 12.7. The second-order valence-electron chi connectivity index (χ2n) is 3.66. The van der Waals surface area contributed by atoms with Crippen LogP contribution in [0.2, 0.25) is 0 Å². The smallest absolute Gasteiger partial charge is 0.281 e. The number of pyridine rings is 1. The third-order valence-corrected chi connectivity index (χ3v) is 2.69. The first-order chi connectivity index (χ1) is 8.31. The zero-order valence-electron chi connectivity index (χ0n) is 8.79. The lowest BCUT2D eigenvalue weighted by atomic mass is 10.2. The van der Waals surface area contributed by atoms with Gasteiger partial charge in [0.2, 0.25) is 0 Å². The Hall–Kier alpha value is -2.67. The first-order valence-corrected chi connectivity index (χ1v) is 5.11. The van der Waals surface area contributed by atoms with Gasteiger partial charge in [0.05, 0.1) is 16.5 Å². The van der Waals surface area contributed by atoms with E-state index in [4.69, 9.17) is 5.26 Å². The lowest BCUT2D eigenvalue weighted by Crippen LogP contribution is -2.11. The van der Waals surface area contributed by atoms with Crippen molar-refractivity contribution in [3.05, 3.63) is 58.5 Å². The Morgan fingerprint density at radius 1 is 1.18 bits per heavy atom. The van der Waals surface area contributed by atoms with Gasteiger partial charge in [0.25, 0.3) is 5.56 Å². The largest absolute Gasteiger partial charge is 0.300 e. The van der Waals surface area contributed by atoms with Crippen LogP contribution in [-0.4, -0.2) is 9.38 Å². The maximum atomic E-state index is 11.8. The van der Waals surface area contributed by atoms with Crippen LogP contribution in [0, 0.1) is 11.3 Å². The average Bonchev–Trinajstić information content (AvgIpc) is 2.39. The first kappa shape index (κ1) is 9.55. The molecule has 0 aliphatic heterocycles. The molecule has 0 unspecified atom stereocenters. The maximum absolute atomic E-state index is 11.8. The van der Waals surface area contributed by atoms with Crippen LogP contribution >= 0.6 is 0 Å². The number of para-hydroxylation sites is 1. The van der Waals surface area contributed by atoms with E-state index in [9.17, 15) is 4.79 Å². The van der Waals surface area contributed by atoms with Gasteiger partial charge in [-0.15, -0.1) is 0 Å². The topological polar surface area (TPSA) is 58.2 Å². The summed E-state index contributed by atoms with van der Waals surface area (Å²) in [5, 5.41) is 9.55. The minimum Gasteiger partial charge on any atom is -0.300 e. The number of fused-ring (bicyclic) bond motifs is 3. The lowest BCUT2D eigenvalue weighted by Gasteiger charge is -2.05. The van der Waals surface area contributed by atoms with E-state index >= 15 is 0 Å². The molecule has 0 saturated heterocycles. The zero-order chi connectivity index (χ0) is 11.8. The molecule has 4 heteroatoms. The highest BCUT2D eigenvalue weighted by molar-refractivity contribution is 5.81. The minimum atomic E-state index is -0.302. The third-order valence-electron chi connectivity index (χ3n) is 2.69. The van der Waals surface area contributed by atoms with Gasteiger partial charge >= 0.3 is 0 Å². The summed E-state index contributed by atoms with van der Waals surface area (Å²) < 4.78 is 1.76. The summed E-state index contributed by atoms with van der Waals surface area (Å²) in [6.07, 6.45) is 1.80. The Morgan fingerprint density at radius 3 is 2.82 bits per heavy atom. The standard InChI is InChI=1S/C13H7N3O/c14-8-9-4-3-7-16-11-6-2-1-5-10(11)13(17)15-12(9)16/h1-7H. The highest BCUT2D eigenvalue weighted by Gasteiger charge is 2.07. The second-order valence-corrected chi connectivity index (χ2v) is 3.66. The number of aromatic nitrogens is 2. The fourth-order valence-electron chi connectivity index (χ4n) is 1.92. The van der Waals surface area contributed by atoms with Crippen LogP contribution in [0.5, 0.6) is 0 Å². The van der Waals surface area contributed by atoms with E-state index in [0.29, 0.717) is 16.6 Å². The van der Waals surface area contributed by atoms with Crippen molar-refractivity contribution in [2.45, 2.75) is 0 Å². The van der Waals surface area contributed by atoms with E-state index in [0.717, 1.165) is 5.52 Å². The van der Waals surface area contributed by atoms with Gasteiger partial charge in [0.15, 0.2) is 5.65 Å². The Bertz CT molecular complexity index is 827. The Morgan fingerprint density at radius 2 is 2.00 bits per heavy atom. The van der Waals surface area contributed by atoms with Crippen LogP contribution in [0.3, 0.4) is 0 Å². The molecule has 0 bridgehead atoms. The molecule has 4 nitrogen and oxygen atoms in total. The van der Waals surface area contributed by atoms with E-state index in [1.807, 2.05) is 18.2 Å². The highest BCUT2D eigenvalue weighted by Crippen LogP contribution is 2.13. The molecule has 0 aliphatic carbocycles. The summed E-state index contributed by atoms with van der Waals surface area (Å²) in [5.74, 6) is 0. The van der Waals surface area contributed by atoms with E-state index in [2.05, 4.69) is 4.98 Å². The molecule has 0 aliphatic rings. The minimum absolute atomic E-state index is 0.302. The van der Waals surface area contributed by atoms with Crippen molar-refractivity contribution in [3.63, 3.8) is 0 Å². The average molecular weight is 221 g/mol. The van der Waals surface area contributed by atoms with E-state index in [1.54, 1.807) is 34.9 Å². The van der Waals surface area contributed by atoms with Gasteiger partial charge < -0.3 is 0 Å². The van der Waals surface area contributed by atoms with Crippen molar-refractivity contribution in [2.24, 2.45) is 0 Å². The fourth-order valence-corrected chi connectivity index (χ4v) is 1.92. The number of hydrogen-bond donors (Lipinski definition) is 0. The molecule has 3 aromatic rings. The molecule has 2 aromatic heterocycles. The van der Waals surface area contributed by atoms with Gasteiger partial charge in [-0.1, -0.05) is 12.1 Å². The molecule has 17 heavy (non-hydrogen) atoms. The predicted octanol–water partition coefficient (Wildman–Crippen LogP) is 1.72. The molecule has 0 atom stereocenters. The van der Waals surface area contributed by atoms with Crippen molar-refractivity contribution in [2.75, 3.05) is 0 Å². The molecule has 0 saturated carbocycles. The van der Waals surface area contributed by atoms with Gasteiger partial charge in [-0.2, -0.15) is 10.2 Å². The summed E-state index contributed by atoms with van der Waals surface area (Å²) in [7, 11) is 0. The molecular weight excluding hydrogens is 214 g/mol. The molecule has 3 rings (SSSR count). The maximum Gasteiger partial charge on any atom is 0.281 e. The Labute approximate surface area is 96.4 Å². The van der Waals surface area contributed by atoms with Gasteiger partial charge in [-0.05, 0) is 24.3 Å². The molecule has 0 fully saturated rings. The number of nitriles is 1. The summed E-state index contributed by atoms with van der Waals surface area (Å²) >= 11 is 0. The van der Waals surface area contributed by atoms with Crippen molar-refractivity contribution < 1.29 is 0 Å². The molecule has 2 heterocycles. The number of benzene rings is 1. The third kappa shape index (κ3) is 1.30. The quantitative estimate of drug-likeness (QED) is 0.543. The summed E-state index contributed by atoms with van der Waals surface area (Å²) in [5.41, 5.74) is 1.26. The van der Waals surface area contributed by atoms with Gasteiger partial charge in [-0.25, -0.2) is 0 Å². The highest BCUT2D eigenvalue weighted by atomic mass is 16.1. The molecule has 0 spiro atoms. The van der Waals surface area contributed by atoms with Crippen LogP contribution in [-0.2, 0) is 0 Å². The number of rotatable bonds is 0. The molecular formula is C13H7N3O. The number of hydrogen-bond acceptors (Lipinski definition) is 3. The van der Waals surface area contributed by atoms with E-state index in [-0.39, 0.29) is 5.56 Å². The predicted molar refractivity (Wildman–Crippen MR) is 63.7 cm³/mol. The monoisotopic (exact) mass is 221 g/mol.